The molecule has 0 aromatic heterocycles. The van der Waals surface area contributed by atoms with Gasteiger partial charge in [0.2, 0.25) is 0 Å². The maximum Gasteiger partial charge on any atom is 0.0704 e. The summed E-state index contributed by atoms with van der Waals surface area (Å²) in [6.07, 6.45) is 9.12. The Balaban J connectivity index is 1.81. The molecule has 2 atom stereocenters. The molecule has 1 aromatic rings. The third kappa shape index (κ3) is 6.84. The van der Waals surface area contributed by atoms with Gasteiger partial charge in [-0.15, -0.1) is 6.58 Å². The number of aliphatic hydroxyl groups is 1. The monoisotopic (exact) mass is 361 g/mol. The van der Waals surface area contributed by atoms with Gasteiger partial charge in [-0.25, -0.2) is 0 Å². The van der Waals surface area contributed by atoms with Gasteiger partial charge >= 0.3 is 0 Å². The van der Waals surface area contributed by atoms with Crippen molar-refractivity contribution < 1.29 is 14.6 Å². The Morgan fingerprint density at radius 2 is 2.12 bits per heavy atom. The topological polar surface area (TPSA) is 64.7 Å². The molecule has 3 N–H and O–H groups in total. The summed E-state index contributed by atoms with van der Waals surface area (Å²) >= 11 is 0. The number of unbranched alkanes of at least 4 members (excludes halogenated alkanes) is 1. The normalized spacial score (nSPS) is 17.7. The number of fused-ring (bicyclic) bond motifs is 1. The molecule has 0 saturated heterocycles. The maximum atomic E-state index is 8.97. The number of rotatable bonds is 13. The number of benzene rings is 1. The Morgan fingerprint density at radius 3 is 2.88 bits per heavy atom. The maximum absolute atomic E-state index is 8.97. The van der Waals surface area contributed by atoms with Gasteiger partial charge in [0.25, 0.3) is 0 Å². The summed E-state index contributed by atoms with van der Waals surface area (Å²) in [6.45, 7) is 6.66. The predicted molar refractivity (Wildman–Crippen MR) is 107 cm³/mol. The van der Waals surface area contributed by atoms with Crippen molar-refractivity contribution in [3.05, 3.63) is 47.5 Å². The third-order valence-corrected chi connectivity index (χ3v) is 5.18. The van der Waals surface area contributed by atoms with E-state index in [1.807, 2.05) is 6.08 Å². The molecule has 1 aromatic carbocycles. The highest BCUT2D eigenvalue weighted by molar-refractivity contribution is 5.36. The van der Waals surface area contributed by atoms with E-state index in [4.69, 9.17) is 20.3 Å². The largest absolute Gasteiger partial charge is 0.396 e. The van der Waals surface area contributed by atoms with Crippen molar-refractivity contribution in [2.45, 2.75) is 57.0 Å². The van der Waals surface area contributed by atoms with Crippen LogP contribution in [0.2, 0.25) is 0 Å². The van der Waals surface area contributed by atoms with E-state index in [0.717, 1.165) is 51.6 Å². The highest BCUT2D eigenvalue weighted by Crippen LogP contribution is 2.28. The fourth-order valence-corrected chi connectivity index (χ4v) is 3.60. The van der Waals surface area contributed by atoms with Crippen molar-refractivity contribution in [1.82, 2.24) is 0 Å². The van der Waals surface area contributed by atoms with E-state index < -0.39 is 0 Å². The summed E-state index contributed by atoms with van der Waals surface area (Å²) in [7, 11) is 0. The Hall–Kier alpha value is -1.20. The summed E-state index contributed by atoms with van der Waals surface area (Å²) in [5, 5.41) is 8.97. The van der Waals surface area contributed by atoms with Crippen molar-refractivity contribution in [2.24, 2.45) is 5.73 Å². The van der Waals surface area contributed by atoms with Gasteiger partial charge in [-0.05, 0) is 67.7 Å². The lowest BCUT2D eigenvalue weighted by Crippen LogP contribution is -2.24. The van der Waals surface area contributed by atoms with Gasteiger partial charge in [0.05, 0.1) is 25.9 Å². The van der Waals surface area contributed by atoms with Gasteiger partial charge in [-0.2, -0.15) is 0 Å². The average Bonchev–Trinajstić information content (AvgIpc) is 2.67. The highest BCUT2D eigenvalue weighted by Gasteiger charge is 2.20. The number of nitrogens with two attached hydrogens (primary N) is 1. The van der Waals surface area contributed by atoms with E-state index in [-0.39, 0.29) is 6.61 Å². The molecule has 4 nitrogen and oxygen atoms in total. The first-order valence-corrected chi connectivity index (χ1v) is 10.0. The first-order chi connectivity index (χ1) is 12.8. The molecule has 26 heavy (non-hydrogen) atoms. The van der Waals surface area contributed by atoms with Crippen molar-refractivity contribution >= 4 is 0 Å². The standard InChI is InChI=1S/C22H35NO3/c1-2-3-12-25-13-14-26-22-10-9-18-15-19(7-8-20(18)16-22)21(17-23)6-4-5-11-24/h2,7-8,15,21-22,24H,1,3-6,9-14,16-17,23H2/t21-,22+/m0/s1. The van der Waals surface area contributed by atoms with Gasteiger partial charge in [0, 0.05) is 6.61 Å². The number of hydrogen-bond acceptors (Lipinski definition) is 4. The van der Waals surface area contributed by atoms with E-state index in [0.29, 0.717) is 31.8 Å². The number of aryl methyl sites for hydroxylation is 1. The minimum Gasteiger partial charge on any atom is -0.396 e. The Morgan fingerprint density at radius 1 is 1.23 bits per heavy atom. The zero-order valence-corrected chi connectivity index (χ0v) is 16.0. The fourth-order valence-electron chi connectivity index (χ4n) is 3.60. The molecule has 0 saturated carbocycles. The molecule has 1 aliphatic rings. The molecule has 4 heteroatoms. The second-order valence-electron chi connectivity index (χ2n) is 7.11. The van der Waals surface area contributed by atoms with Crippen molar-refractivity contribution in [2.75, 3.05) is 33.0 Å². The van der Waals surface area contributed by atoms with E-state index in [1.165, 1.54) is 16.7 Å². The quantitative estimate of drug-likeness (QED) is 0.418. The van der Waals surface area contributed by atoms with E-state index >= 15 is 0 Å². The van der Waals surface area contributed by atoms with Gasteiger partial charge in [-0.3, -0.25) is 0 Å². The first kappa shape index (κ1) is 21.1. The van der Waals surface area contributed by atoms with E-state index in [9.17, 15) is 0 Å². The Labute approximate surface area is 158 Å². The molecule has 0 radical (unpaired) electrons. The number of aliphatic hydroxyl groups excluding tert-OH is 1. The number of ether oxygens (including phenoxy) is 2. The summed E-state index contributed by atoms with van der Waals surface area (Å²) < 4.78 is 11.5. The molecule has 0 fully saturated rings. The zero-order valence-electron chi connectivity index (χ0n) is 16.0. The molecule has 0 aliphatic heterocycles. The van der Waals surface area contributed by atoms with Crippen LogP contribution in [0.15, 0.2) is 30.9 Å². The van der Waals surface area contributed by atoms with Crippen molar-refractivity contribution in [3.8, 4) is 0 Å². The van der Waals surface area contributed by atoms with Crippen LogP contribution in [0.5, 0.6) is 0 Å². The van der Waals surface area contributed by atoms with E-state index in [2.05, 4.69) is 24.8 Å². The second kappa shape index (κ2) is 12.2. The minimum absolute atomic E-state index is 0.266. The van der Waals surface area contributed by atoms with E-state index in [1.54, 1.807) is 0 Å². The van der Waals surface area contributed by atoms with Crippen LogP contribution >= 0.6 is 0 Å². The first-order valence-electron chi connectivity index (χ1n) is 10.0. The second-order valence-corrected chi connectivity index (χ2v) is 7.11. The van der Waals surface area contributed by atoms with Crippen molar-refractivity contribution in [1.29, 1.82) is 0 Å². The summed E-state index contributed by atoms with van der Waals surface area (Å²) in [6, 6.07) is 6.84. The summed E-state index contributed by atoms with van der Waals surface area (Å²) in [5.74, 6) is 0.397. The third-order valence-electron chi connectivity index (χ3n) is 5.18. The van der Waals surface area contributed by atoms with Crippen LogP contribution in [0, 0.1) is 0 Å². The Bertz CT molecular complexity index is 532. The van der Waals surface area contributed by atoms with Crippen LogP contribution in [0.1, 0.15) is 54.7 Å². The highest BCUT2D eigenvalue weighted by atomic mass is 16.5. The van der Waals surface area contributed by atoms with Crippen LogP contribution in [0.3, 0.4) is 0 Å². The van der Waals surface area contributed by atoms with Crippen molar-refractivity contribution in [3.63, 3.8) is 0 Å². The lowest BCUT2D eigenvalue weighted by molar-refractivity contribution is 0.000427. The van der Waals surface area contributed by atoms with Gasteiger partial charge in [0.15, 0.2) is 0 Å². The predicted octanol–water partition coefficient (Wildman–Crippen LogP) is 3.36. The molecule has 0 bridgehead atoms. The molecule has 146 valence electrons. The van der Waals surface area contributed by atoms with Crippen LogP contribution in [0.4, 0.5) is 0 Å². The van der Waals surface area contributed by atoms with Gasteiger partial charge in [0.1, 0.15) is 0 Å². The summed E-state index contributed by atoms with van der Waals surface area (Å²) in [4.78, 5) is 0. The molecule has 0 amide bonds. The SMILES string of the molecule is C=CCCOCCO[C@@H]1CCc2cc([C@H](CN)CCCCO)ccc2C1. The zero-order chi connectivity index (χ0) is 18.6. The number of hydrogen-bond donors (Lipinski definition) is 2. The average molecular weight is 362 g/mol. The summed E-state index contributed by atoms with van der Waals surface area (Å²) in [5.41, 5.74) is 10.2. The minimum atomic E-state index is 0.266. The smallest absolute Gasteiger partial charge is 0.0704 e. The molecule has 0 spiro atoms. The van der Waals surface area contributed by atoms with Gasteiger partial charge in [-0.1, -0.05) is 30.7 Å². The molecular formula is C22H35NO3. The molecule has 0 unspecified atom stereocenters. The lowest BCUT2D eigenvalue weighted by atomic mass is 9.85. The molecule has 0 heterocycles. The van der Waals surface area contributed by atoms with Crippen LogP contribution in [-0.2, 0) is 22.3 Å². The Kier molecular flexibility index (Phi) is 9.93. The van der Waals surface area contributed by atoms with Crippen LogP contribution in [-0.4, -0.2) is 44.2 Å². The van der Waals surface area contributed by atoms with Crippen LogP contribution in [0.25, 0.3) is 0 Å². The van der Waals surface area contributed by atoms with Gasteiger partial charge < -0.3 is 20.3 Å². The molecule has 2 rings (SSSR count). The molecular weight excluding hydrogens is 326 g/mol. The molecule has 1 aliphatic carbocycles. The van der Waals surface area contributed by atoms with Crippen LogP contribution < -0.4 is 5.73 Å². The lowest BCUT2D eigenvalue weighted by Gasteiger charge is -2.26. The fraction of sp³-hybridized carbons (Fsp3) is 0.636.